The summed E-state index contributed by atoms with van der Waals surface area (Å²) in [5.74, 6) is 0.352. The number of carbonyl (C=O) groups is 2. The van der Waals surface area contributed by atoms with Crippen LogP contribution >= 0.6 is 0 Å². The third kappa shape index (κ3) is 2.63. The zero-order valence-electron chi connectivity index (χ0n) is 17.9. The van der Waals surface area contributed by atoms with Crippen LogP contribution in [0, 0.1) is 22.7 Å². The number of hydrazine groups is 1. The van der Waals surface area contributed by atoms with Gasteiger partial charge in [-0.3, -0.25) is 9.59 Å². The molecule has 2 saturated carbocycles. The summed E-state index contributed by atoms with van der Waals surface area (Å²) in [4.78, 5) is 27.5. The number of hydrogen-bond donors (Lipinski definition) is 1. The molecule has 0 aromatic heterocycles. The van der Waals surface area contributed by atoms with Gasteiger partial charge >= 0.3 is 0 Å². The van der Waals surface area contributed by atoms with Crippen LogP contribution in [0.3, 0.4) is 0 Å². The number of benzene rings is 1. The second-order valence-electron chi connectivity index (χ2n) is 9.95. The molecule has 1 aromatic rings. The van der Waals surface area contributed by atoms with Gasteiger partial charge in [-0.2, -0.15) is 0 Å². The van der Waals surface area contributed by atoms with Crippen molar-refractivity contribution in [3.63, 3.8) is 0 Å². The second kappa shape index (κ2) is 6.69. The molecule has 2 bridgehead atoms. The first-order valence-corrected chi connectivity index (χ1v) is 10.7. The molecule has 3 fully saturated rings. The number of aliphatic hydroxyl groups excluding tert-OH is 1. The summed E-state index contributed by atoms with van der Waals surface area (Å²) in [7, 11) is 0. The topological polar surface area (TPSA) is 60.9 Å². The first-order valence-electron chi connectivity index (χ1n) is 10.7. The molecule has 4 rings (SSSR count). The van der Waals surface area contributed by atoms with Crippen molar-refractivity contribution in [3.8, 4) is 0 Å². The normalized spacial score (nSPS) is 30.8. The molecule has 2 amide bonds. The zero-order valence-corrected chi connectivity index (χ0v) is 17.9. The summed E-state index contributed by atoms with van der Waals surface area (Å²) in [5, 5.41) is 13.8. The highest BCUT2D eigenvalue weighted by atomic mass is 16.3. The maximum atomic E-state index is 13.9. The number of para-hydroxylation sites is 1. The smallest absolute Gasteiger partial charge is 0.271 e. The molecule has 1 heterocycles. The average Bonchev–Trinajstić information content (AvgIpc) is 3.19. The molecule has 5 nitrogen and oxygen atoms in total. The lowest BCUT2D eigenvalue weighted by molar-refractivity contribution is -0.132. The summed E-state index contributed by atoms with van der Waals surface area (Å²) in [6.45, 7) is 12.3. The number of rotatable bonds is 5. The zero-order chi connectivity index (χ0) is 21.1. The minimum Gasteiger partial charge on any atom is -0.388 e. The standard InChI is InChI=1S/C24H32N2O3/c1-15(2)13-19(27)16(3)21(28)26-20-14-17-11-12-24(20,23(17,4)5)22(29)25(26)18-9-7-6-8-10-18/h6-10,15,17,19-20,27H,3,11-14H2,1-2,4-5H3/t17-,19+,20-,24-/m1/s1. The van der Waals surface area contributed by atoms with E-state index in [1.807, 2.05) is 44.2 Å². The van der Waals surface area contributed by atoms with Crippen LogP contribution in [0.15, 0.2) is 42.5 Å². The van der Waals surface area contributed by atoms with Gasteiger partial charge in [0.1, 0.15) is 0 Å². The van der Waals surface area contributed by atoms with Crippen molar-refractivity contribution in [2.75, 3.05) is 5.01 Å². The van der Waals surface area contributed by atoms with E-state index in [0.717, 1.165) is 19.3 Å². The van der Waals surface area contributed by atoms with Gasteiger partial charge in [-0.25, -0.2) is 10.0 Å². The minimum absolute atomic E-state index is 0.0122. The Morgan fingerprint density at radius 1 is 1.28 bits per heavy atom. The quantitative estimate of drug-likeness (QED) is 0.767. The fourth-order valence-corrected chi connectivity index (χ4v) is 6.11. The molecule has 1 N–H and O–H groups in total. The molecule has 156 valence electrons. The molecule has 0 radical (unpaired) electrons. The van der Waals surface area contributed by atoms with E-state index >= 15 is 0 Å². The van der Waals surface area contributed by atoms with Gasteiger partial charge < -0.3 is 5.11 Å². The van der Waals surface area contributed by atoms with E-state index in [4.69, 9.17) is 0 Å². The Labute approximate surface area is 173 Å². The lowest BCUT2D eigenvalue weighted by Gasteiger charge is -2.35. The first-order chi connectivity index (χ1) is 13.6. The van der Waals surface area contributed by atoms with Gasteiger partial charge in [-0.15, -0.1) is 0 Å². The second-order valence-corrected chi connectivity index (χ2v) is 9.95. The molecule has 1 aliphatic heterocycles. The number of hydrogen-bond acceptors (Lipinski definition) is 3. The lowest BCUT2D eigenvalue weighted by atomic mass is 9.67. The number of fused-ring (bicyclic) bond motifs is 1. The Hall–Kier alpha value is -2.14. The molecule has 5 heteroatoms. The van der Waals surface area contributed by atoms with E-state index in [0.29, 0.717) is 18.0 Å². The number of amides is 2. The molecule has 1 spiro atoms. The average molecular weight is 397 g/mol. The summed E-state index contributed by atoms with van der Waals surface area (Å²) in [5.41, 5.74) is 0.145. The highest BCUT2D eigenvalue weighted by Gasteiger charge is 2.75. The highest BCUT2D eigenvalue weighted by molar-refractivity contribution is 6.08. The van der Waals surface area contributed by atoms with E-state index in [1.165, 1.54) is 0 Å². The van der Waals surface area contributed by atoms with Gasteiger partial charge in [0.05, 0.1) is 23.2 Å². The van der Waals surface area contributed by atoms with Crippen LogP contribution < -0.4 is 5.01 Å². The van der Waals surface area contributed by atoms with Gasteiger partial charge in [0, 0.05) is 5.57 Å². The Morgan fingerprint density at radius 3 is 2.52 bits per heavy atom. The van der Waals surface area contributed by atoms with Crippen LogP contribution in [0.5, 0.6) is 0 Å². The van der Waals surface area contributed by atoms with E-state index < -0.39 is 11.5 Å². The van der Waals surface area contributed by atoms with E-state index in [1.54, 1.807) is 10.0 Å². The molecule has 1 aromatic carbocycles. The van der Waals surface area contributed by atoms with E-state index in [2.05, 4.69) is 20.4 Å². The van der Waals surface area contributed by atoms with Crippen LogP contribution in [0.4, 0.5) is 5.69 Å². The van der Waals surface area contributed by atoms with Crippen molar-refractivity contribution in [1.82, 2.24) is 5.01 Å². The van der Waals surface area contributed by atoms with Crippen molar-refractivity contribution in [2.45, 2.75) is 65.5 Å². The van der Waals surface area contributed by atoms with Crippen LogP contribution in [0.25, 0.3) is 0 Å². The minimum atomic E-state index is -0.904. The molecule has 4 atom stereocenters. The highest BCUT2D eigenvalue weighted by Crippen LogP contribution is 2.70. The van der Waals surface area contributed by atoms with Gasteiger partial charge in [-0.1, -0.05) is 52.5 Å². The molecule has 0 unspecified atom stereocenters. The first kappa shape index (κ1) is 20.1. The van der Waals surface area contributed by atoms with Crippen molar-refractivity contribution >= 4 is 17.5 Å². The van der Waals surface area contributed by atoms with Gasteiger partial charge in [-0.05, 0) is 55.1 Å². The Kier molecular flexibility index (Phi) is 4.65. The van der Waals surface area contributed by atoms with Crippen molar-refractivity contribution in [2.24, 2.45) is 22.7 Å². The molecule has 2 aliphatic carbocycles. The Bertz CT molecular complexity index is 847. The Morgan fingerprint density at radius 2 is 1.93 bits per heavy atom. The number of nitrogens with zero attached hydrogens (tertiary/aromatic N) is 2. The molecule has 29 heavy (non-hydrogen) atoms. The predicted molar refractivity (Wildman–Crippen MR) is 113 cm³/mol. The summed E-state index contributed by atoms with van der Waals surface area (Å²) < 4.78 is 0. The number of carbonyl (C=O) groups excluding carboxylic acids is 2. The maximum absolute atomic E-state index is 13.9. The van der Waals surface area contributed by atoms with Gasteiger partial charge in [0.15, 0.2) is 0 Å². The van der Waals surface area contributed by atoms with Crippen LogP contribution in [0.1, 0.15) is 53.4 Å². The fraction of sp³-hybridized carbons (Fsp3) is 0.583. The van der Waals surface area contributed by atoms with Crippen molar-refractivity contribution < 1.29 is 14.7 Å². The molecule has 3 aliphatic rings. The van der Waals surface area contributed by atoms with Crippen molar-refractivity contribution in [1.29, 1.82) is 0 Å². The third-order valence-corrected chi connectivity index (χ3v) is 7.80. The Balaban J connectivity index is 1.77. The summed E-state index contributed by atoms with van der Waals surface area (Å²) >= 11 is 0. The third-order valence-electron chi connectivity index (χ3n) is 7.80. The molecular formula is C24H32N2O3. The monoisotopic (exact) mass is 396 g/mol. The summed E-state index contributed by atoms with van der Waals surface area (Å²) in [6.07, 6.45) is 2.22. The lowest BCUT2D eigenvalue weighted by Crippen LogP contribution is -2.49. The van der Waals surface area contributed by atoms with E-state index in [-0.39, 0.29) is 34.8 Å². The fourth-order valence-electron chi connectivity index (χ4n) is 6.11. The maximum Gasteiger partial charge on any atom is 0.271 e. The predicted octanol–water partition coefficient (Wildman–Crippen LogP) is 3.93. The number of anilines is 1. The van der Waals surface area contributed by atoms with Crippen molar-refractivity contribution in [3.05, 3.63) is 42.5 Å². The van der Waals surface area contributed by atoms with Gasteiger partial charge in [0.2, 0.25) is 0 Å². The van der Waals surface area contributed by atoms with Crippen LogP contribution in [-0.2, 0) is 9.59 Å². The van der Waals surface area contributed by atoms with Crippen LogP contribution in [0.2, 0.25) is 0 Å². The summed E-state index contributed by atoms with van der Waals surface area (Å²) in [6, 6.07) is 9.20. The van der Waals surface area contributed by atoms with Gasteiger partial charge in [0.25, 0.3) is 11.8 Å². The van der Waals surface area contributed by atoms with E-state index in [9.17, 15) is 14.7 Å². The largest absolute Gasteiger partial charge is 0.388 e. The van der Waals surface area contributed by atoms with Crippen LogP contribution in [-0.4, -0.2) is 34.1 Å². The molecule has 1 saturated heterocycles. The number of aliphatic hydroxyl groups is 1. The molecular weight excluding hydrogens is 364 g/mol. The SMILES string of the molecule is C=C(C(=O)N1[C@@H]2C[C@H]3CC[C@@]2(C(=O)N1c1ccccc1)C3(C)C)[C@@H](O)CC(C)C.